The zero-order valence-corrected chi connectivity index (χ0v) is 15.0. The summed E-state index contributed by atoms with van der Waals surface area (Å²) in [6.45, 7) is 0.160. The van der Waals surface area contributed by atoms with E-state index in [2.05, 4.69) is 20.3 Å². The number of ether oxygens (including phenoxy) is 2. The molecule has 0 amide bonds. The average Bonchev–Trinajstić information content (AvgIpc) is 3.34. The quantitative estimate of drug-likeness (QED) is 0.517. The van der Waals surface area contributed by atoms with Crippen molar-refractivity contribution in [2.75, 3.05) is 14.2 Å². The molecule has 3 heterocycles. The number of benzene rings is 1. The third kappa shape index (κ3) is 3.11. The Balaban J connectivity index is 1.66. The van der Waals surface area contributed by atoms with Crippen molar-refractivity contribution in [3.8, 4) is 28.4 Å². The normalized spacial score (nSPS) is 10.9. The van der Waals surface area contributed by atoms with E-state index >= 15 is 0 Å². The van der Waals surface area contributed by atoms with Crippen LogP contribution < -0.4 is 10.3 Å². The van der Waals surface area contributed by atoms with Gasteiger partial charge in [-0.3, -0.25) is 4.79 Å². The number of nitrogens with zero attached hydrogens (tertiary/aromatic N) is 4. The van der Waals surface area contributed by atoms with E-state index in [1.165, 1.54) is 13.3 Å². The second-order valence-corrected chi connectivity index (χ2v) is 5.89. The van der Waals surface area contributed by atoms with Crippen molar-refractivity contribution in [2.24, 2.45) is 0 Å². The van der Waals surface area contributed by atoms with Crippen LogP contribution in [0.5, 0.6) is 5.75 Å². The van der Waals surface area contributed by atoms with Crippen molar-refractivity contribution in [1.29, 1.82) is 0 Å². The summed E-state index contributed by atoms with van der Waals surface area (Å²) in [5, 5.41) is 10.2. The minimum atomic E-state index is -0.602. The predicted molar refractivity (Wildman–Crippen MR) is 96.2 cm³/mol. The number of aromatic amines is 1. The van der Waals surface area contributed by atoms with Gasteiger partial charge in [-0.2, -0.15) is 10.1 Å². The summed E-state index contributed by atoms with van der Waals surface area (Å²) in [5.41, 5.74) is 1.03. The Hall–Kier alpha value is -3.95. The molecule has 0 saturated heterocycles. The lowest BCUT2D eigenvalue weighted by molar-refractivity contribution is 0.0600. The fraction of sp³-hybridized carbons (Fsp3) is 0.167. The second-order valence-electron chi connectivity index (χ2n) is 5.89. The number of nitrogens with one attached hydrogen (secondary N) is 1. The summed E-state index contributed by atoms with van der Waals surface area (Å²) in [7, 11) is 2.85. The minimum Gasteiger partial charge on any atom is -0.497 e. The van der Waals surface area contributed by atoms with E-state index in [0.717, 1.165) is 11.3 Å². The smallest absolute Gasteiger partial charge is 0.341 e. The maximum absolute atomic E-state index is 12.0. The van der Waals surface area contributed by atoms with Crippen LogP contribution in [0.4, 0.5) is 0 Å². The van der Waals surface area contributed by atoms with E-state index in [-0.39, 0.29) is 23.4 Å². The highest BCUT2D eigenvalue weighted by atomic mass is 16.5. The van der Waals surface area contributed by atoms with E-state index < -0.39 is 11.5 Å². The Morgan fingerprint density at radius 3 is 2.71 bits per heavy atom. The molecule has 2 aliphatic rings. The number of pyridine rings is 1. The number of carbonyl (C=O) groups excluding carboxylic acids is 1. The zero-order chi connectivity index (χ0) is 19.7. The van der Waals surface area contributed by atoms with Gasteiger partial charge in [-0.15, -0.1) is 0 Å². The molecule has 1 aromatic carbocycles. The number of fused-ring (bicyclic) bond motifs is 1. The number of carbonyl (C=O) groups is 1. The van der Waals surface area contributed by atoms with Gasteiger partial charge in [0.15, 0.2) is 0 Å². The molecular weight excluding hydrogens is 366 g/mol. The van der Waals surface area contributed by atoms with Gasteiger partial charge in [0, 0.05) is 18.0 Å². The molecule has 2 aromatic rings. The maximum atomic E-state index is 12.0. The lowest BCUT2D eigenvalue weighted by atomic mass is 10.1. The summed E-state index contributed by atoms with van der Waals surface area (Å²) in [4.78, 5) is 28.3. The highest BCUT2D eigenvalue weighted by Gasteiger charge is 2.22. The fourth-order valence-electron chi connectivity index (χ4n) is 2.77. The third-order valence-electron chi connectivity index (χ3n) is 4.15. The van der Waals surface area contributed by atoms with Crippen molar-refractivity contribution in [1.82, 2.24) is 24.9 Å². The SMILES string of the molecule is COC(=O)c1cn(Cc2nc(-c3ccc(OC)cc3)no2)cc2c(=O)[nH]nc1-2. The monoisotopic (exact) mass is 381 g/mol. The molecule has 0 fully saturated rings. The van der Waals surface area contributed by atoms with Crippen molar-refractivity contribution in [3.63, 3.8) is 0 Å². The molecule has 4 rings (SSSR count). The van der Waals surface area contributed by atoms with Gasteiger partial charge in [0.25, 0.3) is 5.56 Å². The van der Waals surface area contributed by atoms with Gasteiger partial charge in [0.1, 0.15) is 23.6 Å². The topological polar surface area (TPSA) is 125 Å². The lowest BCUT2D eigenvalue weighted by Crippen LogP contribution is -2.12. The third-order valence-corrected chi connectivity index (χ3v) is 4.15. The molecule has 0 bridgehead atoms. The number of hydrogen-bond donors (Lipinski definition) is 1. The van der Waals surface area contributed by atoms with Crippen LogP contribution in [-0.4, -0.2) is 45.1 Å². The maximum Gasteiger partial charge on any atom is 0.341 e. The fourth-order valence-corrected chi connectivity index (χ4v) is 2.77. The molecule has 2 aliphatic heterocycles. The van der Waals surface area contributed by atoms with Crippen molar-refractivity contribution in [2.45, 2.75) is 6.54 Å². The molecule has 10 heteroatoms. The Labute approximate surface area is 158 Å². The highest BCUT2D eigenvalue weighted by molar-refractivity contribution is 5.95. The number of methoxy groups -OCH3 is 2. The number of aromatic nitrogens is 5. The van der Waals surface area contributed by atoms with Crippen LogP contribution in [0, 0.1) is 0 Å². The van der Waals surface area contributed by atoms with Gasteiger partial charge in [0.2, 0.25) is 11.7 Å². The highest BCUT2D eigenvalue weighted by Crippen LogP contribution is 2.22. The van der Waals surface area contributed by atoms with Crippen LogP contribution in [-0.2, 0) is 11.3 Å². The largest absolute Gasteiger partial charge is 0.497 e. The molecule has 1 aromatic heterocycles. The number of hydrogen-bond acceptors (Lipinski definition) is 8. The van der Waals surface area contributed by atoms with Gasteiger partial charge >= 0.3 is 5.97 Å². The first kappa shape index (κ1) is 17.5. The van der Waals surface area contributed by atoms with E-state index in [4.69, 9.17) is 14.0 Å². The van der Waals surface area contributed by atoms with E-state index in [1.807, 2.05) is 12.1 Å². The summed E-state index contributed by atoms with van der Waals surface area (Å²) >= 11 is 0. The van der Waals surface area contributed by atoms with Crippen LogP contribution in [0.25, 0.3) is 22.6 Å². The zero-order valence-electron chi connectivity index (χ0n) is 15.0. The van der Waals surface area contributed by atoms with Crippen molar-refractivity contribution < 1.29 is 18.8 Å². The Bertz CT molecular complexity index is 1160. The van der Waals surface area contributed by atoms with E-state index in [1.54, 1.807) is 30.0 Å². The first-order chi connectivity index (χ1) is 13.6. The number of H-pyrrole nitrogens is 1. The molecule has 1 N–H and O–H groups in total. The van der Waals surface area contributed by atoms with Gasteiger partial charge in [0.05, 0.1) is 19.8 Å². The molecule has 142 valence electrons. The Morgan fingerprint density at radius 2 is 2.00 bits per heavy atom. The van der Waals surface area contributed by atoms with Crippen molar-refractivity contribution in [3.05, 3.63) is 58.5 Å². The second kappa shape index (κ2) is 6.99. The van der Waals surface area contributed by atoms with Crippen LogP contribution in [0.2, 0.25) is 0 Å². The Kier molecular flexibility index (Phi) is 4.36. The minimum absolute atomic E-state index is 0.160. The standard InChI is InChI=1S/C18H15N5O5/c1-26-11-5-3-10(4-6-11)16-19-14(28-22-16)9-23-7-12-15(20-21-17(12)24)13(8-23)18(25)27-2/h3-8H,9H2,1-2H3,(H,21,24). The van der Waals surface area contributed by atoms with Gasteiger partial charge in [-0.05, 0) is 24.3 Å². The van der Waals surface area contributed by atoms with Crippen LogP contribution >= 0.6 is 0 Å². The van der Waals surface area contributed by atoms with Gasteiger partial charge in [-0.1, -0.05) is 5.16 Å². The molecule has 10 nitrogen and oxygen atoms in total. The molecular formula is C18H15N5O5. The number of esters is 1. The van der Waals surface area contributed by atoms with Crippen LogP contribution in [0.15, 0.2) is 46.0 Å². The van der Waals surface area contributed by atoms with Gasteiger partial charge in [-0.25, -0.2) is 9.89 Å². The summed E-state index contributed by atoms with van der Waals surface area (Å²) < 4.78 is 16.8. The summed E-state index contributed by atoms with van der Waals surface area (Å²) in [5.74, 6) is 0.845. The van der Waals surface area contributed by atoms with E-state index in [0.29, 0.717) is 11.7 Å². The average molecular weight is 381 g/mol. The summed E-state index contributed by atoms with van der Waals surface area (Å²) in [6.07, 6.45) is 3.08. The first-order valence-electron chi connectivity index (χ1n) is 8.22. The number of rotatable bonds is 5. The molecule has 0 saturated carbocycles. The first-order valence-corrected chi connectivity index (χ1v) is 8.22. The molecule has 0 spiro atoms. The molecule has 0 atom stereocenters. The molecule has 0 aliphatic carbocycles. The molecule has 0 unspecified atom stereocenters. The molecule has 0 radical (unpaired) electrons. The predicted octanol–water partition coefficient (Wildman–Crippen LogP) is 1.57. The van der Waals surface area contributed by atoms with Gasteiger partial charge < -0.3 is 18.6 Å². The van der Waals surface area contributed by atoms with E-state index in [9.17, 15) is 9.59 Å². The summed E-state index contributed by atoms with van der Waals surface area (Å²) in [6, 6.07) is 7.23. The Morgan fingerprint density at radius 1 is 1.21 bits per heavy atom. The van der Waals surface area contributed by atoms with Crippen LogP contribution in [0.1, 0.15) is 16.2 Å². The van der Waals surface area contributed by atoms with Crippen LogP contribution in [0.3, 0.4) is 0 Å². The molecule has 28 heavy (non-hydrogen) atoms. The van der Waals surface area contributed by atoms with Crippen molar-refractivity contribution >= 4 is 5.97 Å². The lowest BCUT2D eigenvalue weighted by Gasteiger charge is -2.09.